The van der Waals surface area contributed by atoms with Crippen LogP contribution in [0.4, 0.5) is 4.39 Å². The van der Waals surface area contributed by atoms with Crippen LogP contribution in [0.15, 0.2) is 48.5 Å². The van der Waals surface area contributed by atoms with Crippen molar-refractivity contribution in [2.75, 3.05) is 6.54 Å². The third-order valence-corrected chi connectivity index (χ3v) is 3.52. The highest BCUT2D eigenvalue weighted by Gasteiger charge is 2.13. The SMILES string of the molecule is Cc1cccc(CCCNC(=O)C(C)Oc2ccc(F)cc2)c1. The van der Waals surface area contributed by atoms with Gasteiger partial charge in [0, 0.05) is 6.54 Å². The molecular weight excluding hydrogens is 293 g/mol. The fraction of sp³-hybridized carbons (Fsp3) is 0.316. The van der Waals surface area contributed by atoms with Crippen molar-refractivity contribution in [2.45, 2.75) is 32.8 Å². The molecule has 23 heavy (non-hydrogen) atoms. The number of hydrogen-bond acceptors (Lipinski definition) is 2. The Balaban J connectivity index is 1.70. The average molecular weight is 315 g/mol. The van der Waals surface area contributed by atoms with E-state index in [1.807, 2.05) is 6.07 Å². The van der Waals surface area contributed by atoms with E-state index in [4.69, 9.17) is 4.74 Å². The first-order valence-corrected chi connectivity index (χ1v) is 7.80. The van der Waals surface area contributed by atoms with Crippen molar-refractivity contribution in [3.63, 3.8) is 0 Å². The maximum Gasteiger partial charge on any atom is 0.260 e. The van der Waals surface area contributed by atoms with Gasteiger partial charge in [-0.25, -0.2) is 4.39 Å². The summed E-state index contributed by atoms with van der Waals surface area (Å²) in [5, 5.41) is 2.86. The minimum atomic E-state index is -0.612. The third-order valence-electron chi connectivity index (χ3n) is 3.52. The van der Waals surface area contributed by atoms with Crippen LogP contribution < -0.4 is 10.1 Å². The van der Waals surface area contributed by atoms with Crippen molar-refractivity contribution in [3.8, 4) is 5.75 Å². The van der Waals surface area contributed by atoms with Crippen LogP contribution in [0.1, 0.15) is 24.5 Å². The second-order valence-corrected chi connectivity index (χ2v) is 5.60. The van der Waals surface area contributed by atoms with Gasteiger partial charge in [-0.15, -0.1) is 0 Å². The van der Waals surface area contributed by atoms with Crippen molar-refractivity contribution >= 4 is 5.91 Å². The minimum absolute atomic E-state index is 0.168. The zero-order valence-electron chi connectivity index (χ0n) is 13.5. The molecule has 0 saturated heterocycles. The van der Waals surface area contributed by atoms with E-state index in [2.05, 4.69) is 30.4 Å². The molecule has 0 bridgehead atoms. The van der Waals surface area contributed by atoms with Gasteiger partial charge in [-0.05, 0) is 56.5 Å². The first kappa shape index (κ1) is 17.0. The highest BCUT2D eigenvalue weighted by molar-refractivity contribution is 5.80. The zero-order valence-corrected chi connectivity index (χ0v) is 13.5. The van der Waals surface area contributed by atoms with Gasteiger partial charge in [-0.2, -0.15) is 0 Å². The Kier molecular flexibility index (Phi) is 6.15. The van der Waals surface area contributed by atoms with Crippen molar-refractivity contribution in [3.05, 3.63) is 65.5 Å². The van der Waals surface area contributed by atoms with E-state index in [0.717, 1.165) is 12.8 Å². The number of aryl methyl sites for hydroxylation is 2. The summed E-state index contributed by atoms with van der Waals surface area (Å²) in [6.07, 6.45) is 1.19. The lowest BCUT2D eigenvalue weighted by atomic mass is 10.1. The van der Waals surface area contributed by atoms with E-state index in [1.165, 1.54) is 35.4 Å². The number of amides is 1. The summed E-state index contributed by atoms with van der Waals surface area (Å²) < 4.78 is 18.3. The fourth-order valence-electron chi connectivity index (χ4n) is 2.29. The standard InChI is InChI=1S/C19H22FNO2/c1-14-5-3-6-16(13-14)7-4-12-21-19(22)15(2)23-18-10-8-17(20)9-11-18/h3,5-6,8-11,13,15H,4,7,12H2,1-2H3,(H,21,22). The van der Waals surface area contributed by atoms with Crippen molar-refractivity contribution in [2.24, 2.45) is 0 Å². The molecule has 122 valence electrons. The van der Waals surface area contributed by atoms with Crippen LogP contribution in [-0.2, 0) is 11.2 Å². The molecule has 1 N–H and O–H groups in total. The largest absolute Gasteiger partial charge is 0.481 e. The van der Waals surface area contributed by atoms with Gasteiger partial charge in [-0.3, -0.25) is 4.79 Å². The van der Waals surface area contributed by atoms with Gasteiger partial charge in [0.15, 0.2) is 6.10 Å². The Morgan fingerprint density at radius 1 is 1.22 bits per heavy atom. The molecular formula is C19H22FNO2. The van der Waals surface area contributed by atoms with Crippen molar-refractivity contribution < 1.29 is 13.9 Å². The molecule has 2 aromatic rings. The van der Waals surface area contributed by atoms with Crippen LogP contribution in [-0.4, -0.2) is 18.6 Å². The smallest absolute Gasteiger partial charge is 0.260 e. The molecule has 1 unspecified atom stereocenters. The minimum Gasteiger partial charge on any atom is -0.481 e. The van der Waals surface area contributed by atoms with E-state index in [-0.39, 0.29) is 11.7 Å². The molecule has 2 rings (SSSR count). The van der Waals surface area contributed by atoms with Crippen molar-refractivity contribution in [1.29, 1.82) is 0 Å². The number of benzene rings is 2. The quantitative estimate of drug-likeness (QED) is 0.792. The van der Waals surface area contributed by atoms with Crippen LogP contribution in [0, 0.1) is 12.7 Å². The molecule has 2 aromatic carbocycles. The fourth-order valence-corrected chi connectivity index (χ4v) is 2.29. The number of nitrogens with one attached hydrogen (secondary N) is 1. The van der Waals surface area contributed by atoms with Gasteiger partial charge in [0.25, 0.3) is 5.91 Å². The highest BCUT2D eigenvalue weighted by atomic mass is 19.1. The van der Waals surface area contributed by atoms with E-state index in [1.54, 1.807) is 6.92 Å². The molecule has 0 saturated carbocycles. The average Bonchev–Trinajstić information content (AvgIpc) is 2.53. The maximum absolute atomic E-state index is 12.8. The Labute approximate surface area is 136 Å². The van der Waals surface area contributed by atoms with E-state index in [0.29, 0.717) is 12.3 Å². The van der Waals surface area contributed by atoms with Crippen molar-refractivity contribution in [1.82, 2.24) is 5.32 Å². The second kappa shape index (κ2) is 8.32. The second-order valence-electron chi connectivity index (χ2n) is 5.60. The highest BCUT2D eigenvalue weighted by Crippen LogP contribution is 2.13. The van der Waals surface area contributed by atoms with Gasteiger partial charge in [0.1, 0.15) is 11.6 Å². The molecule has 4 heteroatoms. The molecule has 0 spiro atoms. The number of halogens is 1. The predicted octanol–water partition coefficient (Wildman–Crippen LogP) is 3.65. The lowest BCUT2D eigenvalue weighted by Crippen LogP contribution is -2.36. The first-order chi connectivity index (χ1) is 11.0. The van der Waals surface area contributed by atoms with Gasteiger partial charge in [-0.1, -0.05) is 29.8 Å². The molecule has 3 nitrogen and oxygen atoms in total. The monoisotopic (exact) mass is 315 g/mol. The van der Waals surface area contributed by atoms with Crippen LogP contribution >= 0.6 is 0 Å². The number of ether oxygens (including phenoxy) is 1. The van der Waals surface area contributed by atoms with Crippen LogP contribution in [0.3, 0.4) is 0 Å². The van der Waals surface area contributed by atoms with Gasteiger partial charge >= 0.3 is 0 Å². The Morgan fingerprint density at radius 2 is 1.96 bits per heavy atom. The van der Waals surface area contributed by atoms with E-state index >= 15 is 0 Å². The molecule has 0 radical (unpaired) electrons. The molecule has 0 aromatic heterocycles. The molecule has 0 aliphatic rings. The molecule has 0 fully saturated rings. The van der Waals surface area contributed by atoms with Crippen LogP contribution in [0.5, 0.6) is 5.75 Å². The summed E-state index contributed by atoms with van der Waals surface area (Å²) in [6.45, 7) is 4.35. The summed E-state index contributed by atoms with van der Waals surface area (Å²) in [7, 11) is 0. The molecule has 0 aliphatic carbocycles. The Bertz CT molecular complexity index is 640. The zero-order chi connectivity index (χ0) is 16.7. The lowest BCUT2D eigenvalue weighted by Gasteiger charge is -2.14. The molecule has 0 heterocycles. The Hall–Kier alpha value is -2.36. The van der Waals surface area contributed by atoms with Crippen LogP contribution in [0.25, 0.3) is 0 Å². The van der Waals surface area contributed by atoms with Crippen LogP contribution in [0.2, 0.25) is 0 Å². The molecule has 1 atom stereocenters. The molecule has 1 amide bonds. The topological polar surface area (TPSA) is 38.3 Å². The third kappa shape index (κ3) is 5.74. The summed E-state index contributed by atoms with van der Waals surface area (Å²) in [5.41, 5.74) is 2.52. The Morgan fingerprint density at radius 3 is 2.65 bits per heavy atom. The number of rotatable bonds is 7. The first-order valence-electron chi connectivity index (χ1n) is 7.80. The number of carbonyl (C=O) groups is 1. The van der Waals surface area contributed by atoms with E-state index in [9.17, 15) is 9.18 Å². The predicted molar refractivity (Wildman–Crippen MR) is 89.0 cm³/mol. The van der Waals surface area contributed by atoms with Gasteiger partial charge in [0.05, 0.1) is 0 Å². The number of hydrogen-bond donors (Lipinski definition) is 1. The van der Waals surface area contributed by atoms with Gasteiger partial charge < -0.3 is 10.1 Å². The van der Waals surface area contributed by atoms with Gasteiger partial charge in [0.2, 0.25) is 0 Å². The lowest BCUT2D eigenvalue weighted by molar-refractivity contribution is -0.127. The normalized spacial score (nSPS) is 11.8. The summed E-state index contributed by atoms with van der Waals surface area (Å²) >= 11 is 0. The summed E-state index contributed by atoms with van der Waals surface area (Å²) in [4.78, 5) is 12.0. The molecule has 0 aliphatic heterocycles. The number of carbonyl (C=O) groups excluding carboxylic acids is 1. The summed E-state index contributed by atoms with van der Waals surface area (Å²) in [6, 6.07) is 14.0. The maximum atomic E-state index is 12.8. The summed E-state index contributed by atoms with van der Waals surface area (Å²) in [5.74, 6) is -0.0158. The van der Waals surface area contributed by atoms with E-state index < -0.39 is 6.10 Å².